The molecular weight excluding hydrogens is 360 g/mol. The second-order valence-corrected chi connectivity index (χ2v) is 7.38. The largest absolute Gasteiger partial charge is 0.394 e. The SMILES string of the molecule is CCS[C@H]1O[C@H](CO[C@@H]2O[C@H](CO)[C@H](O)[C@H](O)[C@H]2O)[C@@H](O)[C@H](O)[C@H]1O. The van der Waals surface area contributed by atoms with Gasteiger partial charge in [-0.15, -0.1) is 11.8 Å². The van der Waals surface area contributed by atoms with Crippen molar-refractivity contribution in [2.75, 3.05) is 19.0 Å². The van der Waals surface area contributed by atoms with E-state index in [1.54, 1.807) is 0 Å². The standard InChI is InChI=1S/C14H26O10S/c1-2-25-14-12(21)10(19)8(17)6(24-14)4-22-13-11(20)9(18)7(16)5(3-15)23-13/h5-21H,2-4H2,1H3/t5-,6-,7+,8-,9+,10+,11-,12-,13-,14-/m1/s1. The first-order valence-corrected chi connectivity index (χ1v) is 9.10. The van der Waals surface area contributed by atoms with Gasteiger partial charge in [-0.05, 0) is 5.75 Å². The monoisotopic (exact) mass is 386 g/mol. The Hall–Kier alpha value is -0.0500. The van der Waals surface area contributed by atoms with E-state index >= 15 is 0 Å². The van der Waals surface area contributed by atoms with Crippen molar-refractivity contribution < 1.29 is 50.0 Å². The van der Waals surface area contributed by atoms with Crippen LogP contribution in [0.4, 0.5) is 0 Å². The summed E-state index contributed by atoms with van der Waals surface area (Å²) in [5, 5.41) is 68.3. The zero-order chi connectivity index (χ0) is 18.7. The van der Waals surface area contributed by atoms with Crippen LogP contribution < -0.4 is 0 Å². The summed E-state index contributed by atoms with van der Waals surface area (Å²) in [4.78, 5) is 0. The summed E-state index contributed by atoms with van der Waals surface area (Å²) in [6.45, 7) is 0.944. The minimum atomic E-state index is -1.58. The quantitative estimate of drug-likeness (QED) is 0.240. The van der Waals surface area contributed by atoms with Crippen LogP contribution in [0, 0.1) is 0 Å². The molecule has 7 N–H and O–H groups in total. The number of aliphatic hydroxyl groups is 7. The Morgan fingerprint density at radius 2 is 1.40 bits per heavy atom. The molecule has 0 amide bonds. The van der Waals surface area contributed by atoms with Gasteiger partial charge in [-0.3, -0.25) is 0 Å². The summed E-state index contributed by atoms with van der Waals surface area (Å²) >= 11 is 1.25. The molecule has 0 radical (unpaired) electrons. The van der Waals surface area contributed by atoms with Gasteiger partial charge in [-0.25, -0.2) is 0 Å². The van der Waals surface area contributed by atoms with Crippen molar-refractivity contribution >= 4 is 11.8 Å². The molecule has 2 aliphatic heterocycles. The first-order chi connectivity index (χ1) is 11.8. The highest BCUT2D eigenvalue weighted by Gasteiger charge is 2.47. The Bertz CT molecular complexity index is 413. The van der Waals surface area contributed by atoms with Crippen LogP contribution in [0.15, 0.2) is 0 Å². The number of aliphatic hydroxyl groups excluding tert-OH is 7. The van der Waals surface area contributed by atoms with Gasteiger partial charge in [0.15, 0.2) is 6.29 Å². The van der Waals surface area contributed by atoms with Crippen LogP contribution in [0.2, 0.25) is 0 Å². The molecule has 10 atom stereocenters. The maximum atomic E-state index is 10.0. The molecule has 25 heavy (non-hydrogen) atoms. The van der Waals surface area contributed by atoms with E-state index in [0.29, 0.717) is 5.75 Å². The topological polar surface area (TPSA) is 169 Å². The molecule has 0 aromatic rings. The Balaban J connectivity index is 1.96. The molecule has 2 aliphatic rings. The van der Waals surface area contributed by atoms with Crippen molar-refractivity contribution in [1.82, 2.24) is 0 Å². The third-order valence-electron chi connectivity index (χ3n) is 4.27. The maximum absolute atomic E-state index is 10.0. The average Bonchev–Trinajstić information content (AvgIpc) is 2.60. The fourth-order valence-electron chi connectivity index (χ4n) is 2.75. The van der Waals surface area contributed by atoms with Gasteiger partial charge in [0.1, 0.15) is 54.3 Å². The molecule has 0 aromatic carbocycles. The van der Waals surface area contributed by atoms with E-state index in [4.69, 9.17) is 19.3 Å². The molecule has 2 heterocycles. The summed E-state index contributed by atoms with van der Waals surface area (Å²) in [5.74, 6) is 0.616. The van der Waals surface area contributed by atoms with Crippen LogP contribution in [0.3, 0.4) is 0 Å². The predicted octanol–water partition coefficient (Wildman–Crippen LogP) is -3.64. The van der Waals surface area contributed by atoms with Crippen LogP contribution in [-0.2, 0) is 14.2 Å². The molecule has 11 heteroatoms. The van der Waals surface area contributed by atoms with Crippen molar-refractivity contribution in [3.05, 3.63) is 0 Å². The van der Waals surface area contributed by atoms with Crippen LogP contribution in [0.25, 0.3) is 0 Å². The van der Waals surface area contributed by atoms with Gasteiger partial charge in [-0.2, -0.15) is 0 Å². The highest BCUT2D eigenvalue weighted by atomic mass is 32.2. The average molecular weight is 386 g/mol. The van der Waals surface area contributed by atoms with Crippen LogP contribution in [0.5, 0.6) is 0 Å². The molecule has 0 saturated carbocycles. The Kier molecular flexibility index (Phi) is 7.85. The normalized spacial score (nSPS) is 48.5. The van der Waals surface area contributed by atoms with Crippen molar-refractivity contribution in [2.45, 2.75) is 67.5 Å². The van der Waals surface area contributed by atoms with Crippen molar-refractivity contribution in [1.29, 1.82) is 0 Å². The Morgan fingerprint density at radius 1 is 0.800 bits per heavy atom. The van der Waals surface area contributed by atoms with Crippen LogP contribution in [-0.4, -0.2) is 115 Å². The molecule has 0 spiro atoms. The molecule has 148 valence electrons. The molecule has 2 saturated heterocycles. The third kappa shape index (κ3) is 4.62. The Morgan fingerprint density at radius 3 is 2.00 bits per heavy atom. The van der Waals surface area contributed by atoms with E-state index in [1.165, 1.54) is 11.8 Å². The number of rotatable bonds is 6. The molecular formula is C14H26O10S. The predicted molar refractivity (Wildman–Crippen MR) is 84.5 cm³/mol. The highest BCUT2D eigenvalue weighted by Crippen LogP contribution is 2.29. The van der Waals surface area contributed by atoms with Gasteiger partial charge >= 0.3 is 0 Å². The number of hydrogen-bond donors (Lipinski definition) is 7. The lowest BCUT2D eigenvalue weighted by molar-refractivity contribution is -0.311. The minimum Gasteiger partial charge on any atom is -0.394 e. The smallest absolute Gasteiger partial charge is 0.186 e. The first-order valence-electron chi connectivity index (χ1n) is 8.05. The van der Waals surface area contributed by atoms with Crippen molar-refractivity contribution in [3.8, 4) is 0 Å². The number of ether oxygens (including phenoxy) is 3. The Labute approximate surface area is 148 Å². The van der Waals surface area contributed by atoms with Gasteiger partial charge in [0.25, 0.3) is 0 Å². The summed E-state index contributed by atoms with van der Waals surface area (Å²) in [5.41, 5.74) is -0.758. The maximum Gasteiger partial charge on any atom is 0.186 e. The van der Waals surface area contributed by atoms with E-state index in [0.717, 1.165) is 0 Å². The van der Waals surface area contributed by atoms with E-state index in [-0.39, 0.29) is 6.61 Å². The first kappa shape index (κ1) is 21.3. The van der Waals surface area contributed by atoms with Gasteiger partial charge < -0.3 is 50.0 Å². The molecule has 0 unspecified atom stereocenters. The summed E-state index contributed by atoms with van der Waals surface area (Å²) in [6.07, 6.45) is -12.3. The fraction of sp³-hybridized carbons (Fsp3) is 1.00. The van der Waals surface area contributed by atoms with E-state index < -0.39 is 67.2 Å². The van der Waals surface area contributed by atoms with Gasteiger partial charge in [0.2, 0.25) is 0 Å². The molecule has 10 nitrogen and oxygen atoms in total. The zero-order valence-electron chi connectivity index (χ0n) is 13.7. The molecule has 0 aromatic heterocycles. The highest BCUT2D eigenvalue weighted by molar-refractivity contribution is 7.99. The lowest BCUT2D eigenvalue weighted by atomic mass is 9.99. The molecule has 2 rings (SSSR count). The number of thioether (sulfide) groups is 1. The van der Waals surface area contributed by atoms with Gasteiger partial charge in [-0.1, -0.05) is 6.92 Å². The fourth-order valence-corrected chi connectivity index (χ4v) is 3.66. The molecule has 0 bridgehead atoms. The molecule has 2 fully saturated rings. The van der Waals surface area contributed by atoms with Crippen molar-refractivity contribution in [3.63, 3.8) is 0 Å². The van der Waals surface area contributed by atoms with Gasteiger partial charge in [0.05, 0.1) is 13.2 Å². The summed E-state index contributed by atoms with van der Waals surface area (Å²) < 4.78 is 16.0. The summed E-state index contributed by atoms with van der Waals surface area (Å²) in [6, 6.07) is 0. The lowest BCUT2D eigenvalue weighted by Crippen LogP contribution is -2.61. The second kappa shape index (κ2) is 9.24. The van der Waals surface area contributed by atoms with Crippen molar-refractivity contribution in [2.24, 2.45) is 0 Å². The zero-order valence-corrected chi connectivity index (χ0v) is 14.5. The van der Waals surface area contributed by atoms with E-state index in [2.05, 4.69) is 0 Å². The van der Waals surface area contributed by atoms with Crippen LogP contribution >= 0.6 is 11.8 Å². The van der Waals surface area contributed by atoms with Gasteiger partial charge in [0, 0.05) is 0 Å². The lowest BCUT2D eigenvalue weighted by Gasteiger charge is -2.42. The molecule has 0 aliphatic carbocycles. The van der Waals surface area contributed by atoms with E-state index in [9.17, 15) is 30.6 Å². The third-order valence-corrected chi connectivity index (χ3v) is 5.32. The van der Waals surface area contributed by atoms with E-state index in [1.807, 2.05) is 6.92 Å². The number of hydrogen-bond acceptors (Lipinski definition) is 11. The summed E-state index contributed by atoms with van der Waals surface area (Å²) in [7, 11) is 0. The minimum absolute atomic E-state index is 0.311. The van der Waals surface area contributed by atoms with Crippen LogP contribution in [0.1, 0.15) is 6.92 Å². The second-order valence-electron chi connectivity index (χ2n) is 6.00.